The number of carbonyl (C=O) groups excluding carboxylic acids is 2. The summed E-state index contributed by atoms with van der Waals surface area (Å²) in [6.45, 7) is 2.67. The number of methoxy groups -OCH3 is 1. The van der Waals surface area contributed by atoms with E-state index < -0.39 is 0 Å². The van der Waals surface area contributed by atoms with Gasteiger partial charge in [0.1, 0.15) is 11.5 Å². The van der Waals surface area contributed by atoms with Gasteiger partial charge in [-0.1, -0.05) is 19.1 Å². The van der Waals surface area contributed by atoms with Crippen molar-refractivity contribution in [1.82, 2.24) is 0 Å². The van der Waals surface area contributed by atoms with Crippen LogP contribution in [-0.4, -0.2) is 25.5 Å². The molecule has 0 spiro atoms. The first-order chi connectivity index (χ1) is 14.6. The summed E-state index contributed by atoms with van der Waals surface area (Å²) in [5.41, 5.74) is 2.00. The molecule has 3 aromatic rings. The molecule has 30 heavy (non-hydrogen) atoms. The van der Waals surface area contributed by atoms with Crippen molar-refractivity contribution in [3.8, 4) is 11.5 Å². The number of carbonyl (C=O) groups is 2. The fraction of sp³-hybridized carbons (Fsp3) is 0.167. The van der Waals surface area contributed by atoms with Crippen molar-refractivity contribution in [1.29, 1.82) is 0 Å². The van der Waals surface area contributed by atoms with Crippen LogP contribution in [0, 0.1) is 0 Å². The van der Waals surface area contributed by atoms with Crippen LogP contribution in [-0.2, 0) is 0 Å². The molecule has 0 unspecified atom stereocenters. The summed E-state index contributed by atoms with van der Waals surface area (Å²) in [6, 6.07) is 20.8. The molecule has 2 N–H and O–H groups in total. The molecule has 6 nitrogen and oxygen atoms in total. The van der Waals surface area contributed by atoms with Crippen molar-refractivity contribution in [2.75, 3.05) is 24.4 Å². The minimum absolute atomic E-state index is 0.275. The van der Waals surface area contributed by atoms with Crippen LogP contribution < -0.4 is 20.1 Å². The van der Waals surface area contributed by atoms with E-state index in [-0.39, 0.29) is 11.8 Å². The third-order valence-corrected chi connectivity index (χ3v) is 4.37. The molecular weight excluding hydrogens is 380 g/mol. The zero-order chi connectivity index (χ0) is 21.3. The second-order valence-electron chi connectivity index (χ2n) is 6.56. The number of nitrogens with one attached hydrogen (secondary N) is 2. The summed E-state index contributed by atoms with van der Waals surface area (Å²) in [5, 5.41) is 5.69. The SMILES string of the molecule is CCCOc1ccc(C(=O)Nc2ccccc2NC(=O)c2ccc(OC)cc2)cc1. The molecule has 0 radical (unpaired) electrons. The maximum atomic E-state index is 12.6. The number of para-hydroxylation sites is 2. The molecule has 154 valence electrons. The summed E-state index contributed by atoms with van der Waals surface area (Å²) >= 11 is 0. The number of anilines is 2. The number of hydrogen-bond donors (Lipinski definition) is 2. The molecule has 0 saturated carbocycles. The smallest absolute Gasteiger partial charge is 0.255 e. The maximum Gasteiger partial charge on any atom is 0.255 e. The van der Waals surface area contributed by atoms with Gasteiger partial charge < -0.3 is 20.1 Å². The Morgan fingerprint density at radius 2 is 1.20 bits per heavy atom. The number of amides is 2. The highest BCUT2D eigenvalue weighted by atomic mass is 16.5. The van der Waals surface area contributed by atoms with Crippen LogP contribution in [0.1, 0.15) is 34.1 Å². The minimum atomic E-state index is -0.281. The number of benzene rings is 3. The van der Waals surface area contributed by atoms with Crippen molar-refractivity contribution in [2.45, 2.75) is 13.3 Å². The predicted octanol–water partition coefficient (Wildman–Crippen LogP) is 4.99. The van der Waals surface area contributed by atoms with Crippen molar-refractivity contribution in [2.24, 2.45) is 0 Å². The highest BCUT2D eigenvalue weighted by molar-refractivity contribution is 6.10. The van der Waals surface area contributed by atoms with Crippen LogP contribution in [0.25, 0.3) is 0 Å². The highest BCUT2D eigenvalue weighted by Gasteiger charge is 2.12. The fourth-order valence-corrected chi connectivity index (χ4v) is 2.75. The monoisotopic (exact) mass is 404 g/mol. The standard InChI is InChI=1S/C24H24N2O4/c1-3-16-30-20-14-10-18(11-15-20)24(28)26-22-7-5-4-6-21(22)25-23(27)17-8-12-19(29-2)13-9-17/h4-15H,3,16H2,1-2H3,(H,25,27)(H,26,28). The summed E-state index contributed by atoms with van der Waals surface area (Å²) < 4.78 is 10.7. The number of ether oxygens (including phenoxy) is 2. The van der Waals surface area contributed by atoms with Gasteiger partial charge in [-0.3, -0.25) is 9.59 Å². The lowest BCUT2D eigenvalue weighted by Gasteiger charge is -2.13. The van der Waals surface area contributed by atoms with Crippen LogP contribution in [0.4, 0.5) is 11.4 Å². The van der Waals surface area contributed by atoms with Crippen LogP contribution in [0.5, 0.6) is 11.5 Å². The highest BCUT2D eigenvalue weighted by Crippen LogP contribution is 2.23. The van der Waals surface area contributed by atoms with E-state index in [2.05, 4.69) is 10.6 Å². The van der Waals surface area contributed by atoms with E-state index >= 15 is 0 Å². The number of rotatable bonds is 8. The normalized spacial score (nSPS) is 10.2. The molecule has 2 amide bonds. The van der Waals surface area contributed by atoms with E-state index in [0.29, 0.717) is 34.9 Å². The molecule has 0 atom stereocenters. The molecule has 0 heterocycles. The first-order valence-electron chi connectivity index (χ1n) is 9.69. The predicted molar refractivity (Wildman–Crippen MR) is 118 cm³/mol. The third-order valence-electron chi connectivity index (χ3n) is 4.37. The Kier molecular flexibility index (Phi) is 7.05. The summed E-state index contributed by atoms with van der Waals surface area (Å²) in [4.78, 5) is 25.2. The minimum Gasteiger partial charge on any atom is -0.497 e. The van der Waals surface area contributed by atoms with Gasteiger partial charge in [-0.25, -0.2) is 0 Å². The third kappa shape index (κ3) is 5.38. The zero-order valence-electron chi connectivity index (χ0n) is 17.0. The van der Waals surface area contributed by atoms with Crippen LogP contribution >= 0.6 is 0 Å². The quantitative estimate of drug-likeness (QED) is 0.555. The molecular formula is C24H24N2O4. The van der Waals surface area contributed by atoms with Gasteiger partial charge in [0.05, 0.1) is 25.1 Å². The Morgan fingerprint density at radius 1 is 0.733 bits per heavy atom. The molecule has 0 aliphatic carbocycles. The molecule has 0 aliphatic heterocycles. The zero-order valence-corrected chi connectivity index (χ0v) is 17.0. The molecule has 3 aromatic carbocycles. The lowest BCUT2D eigenvalue weighted by molar-refractivity contribution is 0.101. The summed E-state index contributed by atoms with van der Waals surface area (Å²) in [5.74, 6) is 0.839. The Labute approximate surface area is 175 Å². The van der Waals surface area contributed by atoms with Gasteiger partial charge in [0.25, 0.3) is 11.8 Å². The fourth-order valence-electron chi connectivity index (χ4n) is 2.75. The van der Waals surface area contributed by atoms with Crippen LogP contribution in [0.15, 0.2) is 72.8 Å². The van der Waals surface area contributed by atoms with Crippen molar-refractivity contribution >= 4 is 23.2 Å². The van der Waals surface area contributed by atoms with E-state index in [9.17, 15) is 9.59 Å². The molecule has 0 saturated heterocycles. The van der Waals surface area contributed by atoms with Crippen molar-refractivity contribution in [3.05, 3.63) is 83.9 Å². The molecule has 0 aromatic heterocycles. The van der Waals surface area contributed by atoms with Gasteiger partial charge in [-0.05, 0) is 67.1 Å². The molecule has 0 fully saturated rings. The van der Waals surface area contributed by atoms with Crippen LogP contribution in [0.3, 0.4) is 0 Å². The lowest BCUT2D eigenvalue weighted by Crippen LogP contribution is -2.16. The van der Waals surface area contributed by atoms with Gasteiger partial charge in [0.15, 0.2) is 0 Å². The van der Waals surface area contributed by atoms with E-state index in [4.69, 9.17) is 9.47 Å². The van der Waals surface area contributed by atoms with E-state index in [1.807, 2.05) is 6.92 Å². The van der Waals surface area contributed by atoms with Gasteiger partial charge >= 0.3 is 0 Å². The van der Waals surface area contributed by atoms with Crippen molar-refractivity contribution in [3.63, 3.8) is 0 Å². The first kappa shape index (κ1) is 20.9. The van der Waals surface area contributed by atoms with Crippen LogP contribution in [0.2, 0.25) is 0 Å². The number of hydrogen-bond acceptors (Lipinski definition) is 4. The van der Waals surface area contributed by atoms with Crippen molar-refractivity contribution < 1.29 is 19.1 Å². The summed E-state index contributed by atoms with van der Waals surface area (Å²) in [6.07, 6.45) is 0.918. The Morgan fingerprint density at radius 3 is 1.63 bits per heavy atom. The maximum absolute atomic E-state index is 12.6. The van der Waals surface area contributed by atoms with E-state index in [1.165, 1.54) is 0 Å². The average molecular weight is 404 g/mol. The van der Waals surface area contributed by atoms with Gasteiger partial charge in [0, 0.05) is 11.1 Å². The Hall–Kier alpha value is -3.80. The van der Waals surface area contributed by atoms with Gasteiger partial charge in [0.2, 0.25) is 0 Å². The van der Waals surface area contributed by atoms with Gasteiger partial charge in [-0.15, -0.1) is 0 Å². The molecule has 0 aliphatic rings. The van der Waals surface area contributed by atoms with Gasteiger partial charge in [-0.2, -0.15) is 0 Å². The first-order valence-corrected chi connectivity index (χ1v) is 9.69. The Bertz CT molecular complexity index is 998. The topological polar surface area (TPSA) is 76.7 Å². The second-order valence-corrected chi connectivity index (χ2v) is 6.56. The largest absolute Gasteiger partial charge is 0.497 e. The average Bonchev–Trinajstić information content (AvgIpc) is 2.79. The molecule has 6 heteroatoms. The summed E-state index contributed by atoms with van der Waals surface area (Å²) in [7, 11) is 1.57. The van der Waals surface area contributed by atoms with E-state index in [1.54, 1.807) is 79.9 Å². The second kappa shape index (κ2) is 10.1. The molecule has 3 rings (SSSR count). The molecule has 0 bridgehead atoms. The van der Waals surface area contributed by atoms with E-state index in [0.717, 1.165) is 12.2 Å². The lowest BCUT2D eigenvalue weighted by atomic mass is 10.1. The Balaban J connectivity index is 1.69.